The van der Waals surface area contributed by atoms with Gasteiger partial charge < -0.3 is 16.6 Å². The van der Waals surface area contributed by atoms with Gasteiger partial charge in [0.15, 0.2) is 0 Å². The zero-order valence-electron chi connectivity index (χ0n) is 6.53. The molecule has 0 aromatic rings. The first-order valence-corrected chi connectivity index (χ1v) is 4.43. The summed E-state index contributed by atoms with van der Waals surface area (Å²) < 4.78 is 0. The Morgan fingerprint density at radius 3 is 2.33 bits per heavy atom. The molecule has 12 heavy (non-hydrogen) atoms. The van der Waals surface area contributed by atoms with Crippen LogP contribution in [0.1, 0.15) is 6.42 Å². The summed E-state index contributed by atoms with van der Waals surface area (Å²) in [4.78, 5) is 21.1. The summed E-state index contributed by atoms with van der Waals surface area (Å²) in [6, 6.07) is 0. The number of aliphatic hydroxyl groups excluding tert-OH is 1. The van der Waals surface area contributed by atoms with Gasteiger partial charge in [0.25, 0.3) is 0 Å². The lowest BCUT2D eigenvalue weighted by molar-refractivity contribution is -0.122. The average molecular weight is 192 g/mol. The van der Waals surface area contributed by atoms with Crippen molar-refractivity contribution in [1.82, 2.24) is 0 Å². The third-order valence-corrected chi connectivity index (χ3v) is 2.33. The van der Waals surface area contributed by atoms with Crippen molar-refractivity contribution in [3.05, 3.63) is 0 Å². The fourth-order valence-corrected chi connectivity index (χ4v) is 1.46. The van der Waals surface area contributed by atoms with Gasteiger partial charge in [-0.25, -0.2) is 0 Å². The molecule has 0 saturated heterocycles. The van der Waals surface area contributed by atoms with Crippen molar-refractivity contribution in [3.63, 3.8) is 0 Å². The summed E-state index contributed by atoms with van der Waals surface area (Å²) in [5, 5.41) is 7.83. The van der Waals surface area contributed by atoms with Gasteiger partial charge in [-0.05, 0) is 0 Å². The van der Waals surface area contributed by atoms with E-state index in [0.29, 0.717) is 5.75 Å². The number of primary amides is 2. The second kappa shape index (κ2) is 5.84. The molecule has 0 aromatic heterocycles. The molecule has 0 aromatic carbocycles. The smallest absolute Gasteiger partial charge is 0.231 e. The zero-order chi connectivity index (χ0) is 9.56. The van der Waals surface area contributed by atoms with E-state index < -0.39 is 17.1 Å². The van der Waals surface area contributed by atoms with Crippen molar-refractivity contribution < 1.29 is 14.7 Å². The van der Waals surface area contributed by atoms with Crippen LogP contribution in [0.3, 0.4) is 0 Å². The molecule has 6 heteroatoms. The molecule has 0 heterocycles. The zero-order valence-corrected chi connectivity index (χ0v) is 7.34. The second-order valence-electron chi connectivity index (χ2n) is 2.16. The monoisotopic (exact) mass is 192 g/mol. The fourth-order valence-electron chi connectivity index (χ4n) is 0.619. The fraction of sp³-hybridized carbons (Fsp3) is 0.667. The van der Waals surface area contributed by atoms with Gasteiger partial charge in [-0.2, -0.15) is 0 Å². The van der Waals surface area contributed by atoms with Crippen molar-refractivity contribution in [1.29, 1.82) is 0 Å². The van der Waals surface area contributed by atoms with Crippen LogP contribution in [-0.4, -0.2) is 34.5 Å². The summed E-state index contributed by atoms with van der Waals surface area (Å²) >= 11 is 1.13. The third-order valence-electron chi connectivity index (χ3n) is 1.11. The predicted molar refractivity (Wildman–Crippen MR) is 46.3 cm³/mol. The molecule has 2 amide bonds. The molecule has 0 saturated carbocycles. The summed E-state index contributed by atoms with van der Waals surface area (Å²) in [5.74, 6) is -0.766. The summed E-state index contributed by atoms with van der Waals surface area (Å²) in [6.07, 6.45) is -0.0694. The largest absolute Gasteiger partial charge is 0.396 e. The van der Waals surface area contributed by atoms with Crippen LogP contribution in [0.5, 0.6) is 0 Å². The van der Waals surface area contributed by atoms with Gasteiger partial charge in [0, 0.05) is 12.2 Å². The minimum Gasteiger partial charge on any atom is -0.396 e. The standard InChI is InChI=1S/C6H12N2O3S/c7-5(10)3-4(6(8)11)12-2-1-9/h4,9H,1-3H2,(H2,7,10)(H2,8,11). The van der Waals surface area contributed by atoms with Crippen molar-refractivity contribution >= 4 is 23.6 Å². The number of amides is 2. The van der Waals surface area contributed by atoms with E-state index in [-0.39, 0.29) is 13.0 Å². The molecule has 5 N–H and O–H groups in total. The van der Waals surface area contributed by atoms with Gasteiger partial charge in [-0.15, -0.1) is 11.8 Å². The lowest BCUT2D eigenvalue weighted by Gasteiger charge is -2.08. The van der Waals surface area contributed by atoms with E-state index in [9.17, 15) is 9.59 Å². The van der Waals surface area contributed by atoms with Crippen molar-refractivity contribution in [2.24, 2.45) is 11.5 Å². The van der Waals surface area contributed by atoms with Gasteiger partial charge in [-0.3, -0.25) is 9.59 Å². The SMILES string of the molecule is NC(=O)CC(SCCO)C(N)=O. The highest BCUT2D eigenvalue weighted by Crippen LogP contribution is 2.12. The van der Waals surface area contributed by atoms with E-state index in [1.807, 2.05) is 0 Å². The summed E-state index contributed by atoms with van der Waals surface area (Å²) in [7, 11) is 0. The molecule has 0 aliphatic rings. The molecule has 1 unspecified atom stereocenters. The van der Waals surface area contributed by atoms with E-state index >= 15 is 0 Å². The second-order valence-corrected chi connectivity index (χ2v) is 3.47. The highest BCUT2D eigenvalue weighted by Gasteiger charge is 2.17. The van der Waals surface area contributed by atoms with Crippen LogP contribution in [0, 0.1) is 0 Å². The maximum atomic E-state index is 10.7. The van der Waals surface area contributed by atoms with E-state index in [1.54, 1.807) is 0 Å². The van der Waals surface area contributed by atoms with E-state index in [1.165, 1.54) is 0 Å². The Morgan fingerprint density at radius 2 is 2.00 bits per heavy atom. The quantitative estimate of drug-likeness (QED) is 0.473. The Kier molecular flexibility index (Phi) is 5.48. The molecule has 0 rings (SSSR count). The van der Waals surface area contributed by atoms with Gasteiger partial charge >= 0.3 is 0 Å². The Hall–Kier alpha value is -0.750. The molecular weight excluding hydrogens is 180 g/mol. The maximum Gasteiger partial charge on any atom is 0.231 e. The maximum absolute atomic E-state index is 10.7. The lowest BCUT2D eigenvalue weighted by Crippen LogP contribution is -2.31. The van der Waals surface area contributed by atoms with E-state index in [0.717, 1.165) is 11.8 Å². The number of aliphatic hydroxyl groups is 1. The molecule has 1 atom stereocenters. The lowest BCUT2D eigenvalue weighted by atomic mass is 10.3. The third kappa shape index (κ3) is 4.97. The first-order valence-electron chi connectivity index (χ1n) is 3.38. The molecule has 0 radical (unpaired) electrons. The number of carbonyl (C=O) groups is 2. The van der Waals surface area contributed by atoms with Gasteiger partial charge in [0.05, 0.1) is 11.9 Å². The average Bonchev–Trinajstić information content (AvgIpc) is 1.96. The molecule has 0 aliphatic heterocycles. The van der Waals surface area contributed by atoms with Crippen LogP contribution < -0.4 is 11.5 Å². The Morgan fingerprint density at radius 1 is 1.42 bits per heavy atom. The molecular formula is C6H12N2O3S. The van der Waals surface area contributed by atoms with E-state index in [2.05, 4.69) is 0 Å². The van der Waals surface area contributed by atoms with Crippen LogP contribution in [0.4, 0.5) is 0 Å². The molecule has 70 valence electrons. The van der Waals surface area contributed by atoms with Crippen LogP contribution in [-0.2, 0) is 9.59 Å². The molecule has 0 bridgehead atoms. The Balaban J connectivity index is 3.87. The normalized spacial score (nSPS) is 12.4. The van der Waals surface area contributed by atoms with E-state index in [4.69, 9.17) is 16.6 Å². The minimum absolute atomic E-state index is 0.0484. The van der Waals surface area contributed by atoms with Crippen LogP contribution in [0.2, 0.25) is 0 Å². The van der Waals surface area contributed by atoms with Gasteiger partial charge in [-0.1, -0.05) is 0 Å². The molecule has 5 nitrogen and oxygen atoms in total. The Labute approximate surface area is 74.5 Å². The van der Waals surface area contributed by atoms with Gasteiger partial charge in [0.1, 0.15) is 0 Å². The van der Waals surface area contributed by atoms with Crippen LogP contribution in [0.25, 0.3) is 0 Å². The highest BCUT2D eigenvalue weighted by molar-refractivity contribution is 8.00. The summed E-state index contributed by atoms with van der Waals surface area (Å²) in [5.41, 5.74) is 9.86. The predicted octanol–water partition coefficient (Wildman–Crippen LogP) is -1.56. The van der Waals surface area contributed by atoms with Gasteiger partial charge in [0.2, 0.25) is 11.8 Å². The number of nitrogens with two attached hydrogens (primary N) is 2. The number of rotatable bonds is 6. The van der Waals surface area contributed by atoms with Crippen molar-refractivity contribution in [3.8, 4) is 0 Å². The van der Waals surface area contributed by atoms with Crippen molar-refractivity contribution in [2.45, 2.75) is 11.7 Å². The van der Waals surface area contributed by atoms with Crippen molar-refractivity contribution in [2.75, 3.05) is 12.4 Å². The highest BCUT2D eigenvalue weighted by atomic mass is 32.2. The number of thioether (sulfide) groups is 1. The molecule has 0 spiro atoms. The topological polar surface area (TPSA) is 106 Å². The number of carbonyl (C=O) groups excluding carboxylic acids is 2. The first-order chi connectivity index (χ1) is 5.57. The Bertz CT molecular complexity index is 174. The number of hydrogen-bond donors (Lipinski definition) is 3. The first kappa shape index (κ1) is 11.2. The van der Waals surface area contributed by atoms with Crippen LogP contribution >= 0.6 is 11.8 Å². The minimum atomic E-state index is -0.616. The summed E-state index contributed by atoms with van der Waals surface area (Å²) in [6.45, 7) is -0.0484. The molecule has 0 fully saturated rings. The number of hydrogen-bond acceptors (Lipinski definition) is 4. The van der Waals surface area contributed by atoms with Crippen LogP contribution in [0.15, 0.2) is 0 Å². The molecule has 0 aliphatic carbocycles.